The number of carbonyl (C=O) groups excluding carboxylic acids is 1. The van der Waals surface area contributed by atoms with Crippen molar-refractivity contribution in [3.63, 3.8) is 0 Å². The quantitative estimate of drug-likeness (QED) is 0.905. The summed E-state index contributed by atoms with van der Waals surface area (Å²) >= 11 is 0. The fraction of sp³-hybridized carbons (Fsp3) is 0.133. The fourth-order valence-corrected chi connectivity index (χ4v) is 1.85. The zero-order valence-electron chi connectivity index (χ0n) is 11.3. The van der Waals surface area contributed by atoms with E-state index in [1.807, 2.05) is 13.0 Å². The molecule has 0 aliphatic rings. The largest absolute Gasteiger partial charge is 0.478 e. The van der Waals surface area contributed by atoms with E-state index in [4.69, 9.17) is 5.11 Å². The number of carbonyl (C=O) groups is 2. The third-order valence-corrected chi connectivity index (χ3v) is 2.93. The van der Waals surface area contributed by atoms with Gasteiger partial charge in [0.1, 0.15) is 5.82 Å². The molecule has 0 unspecified atom stereocenters. The number of pyridine rings is 1. The van der Waals surface area contributed by atoms with E-state index in [-0.39, 0.29) is 17.7 Å². The van der Waals surface area contributed by atoms with Crippen LogP contribution >= 0.6 is 0 Å². The van der Waals surface area contributed by atoms with Crippen LogP contribution in [0.25, 0.3) is 0 Å². The summed E-state index contributed by atoms with van der Waals surface area (Å²) in [6, 6.07) is 6.77. The van der Waals surface area contributed by atoms with Gasteiger partial charge in [-0.3, -0.25) is 9.78 Å². The number of benzene rings is 1. The van der Waals surface area contributed by atoms with E-state index < -0.39 is 17.7 Å². The molecule has 6 heteroatoms. The Hall–Kier alpha value is -2.76. The molecule has 108 valence electrons. The fourth-order valence-electron chi connectivity index (χ4n) is 1.85. The maximum Gasteiger partial charge on any atom is 0.337 e. The molecule has 0 bridgehead atoms. The van der Waals surface area contributed by atoms with Crippen molar-refractivity contribution in [3.05, 3.63) is 59.2 Å². The first kappa shape index (κ1) is 14.6. The number of carboxylic acids is 1. The Morgan fingerprint density at radius 2 is 2.10 bits per heavy atom. The van der Waals surface area contributed by atoms with Gasteiger partial charge < -0.3 is 10.4 Å². The molecule has 0 saturated heterocycles. The number of aromatic carboxylic acids is 1. The van der Waals surface area contributed by atoms with Gasteiger partial charge in [0.15, 0.2) is 0 Å². The number of aromatic nitrogens is 1. The molecule has 1 aromatic carbocycles. The lowest BCUT2D eigenvalue weighted by Crippen LogP contribution is -2.18. The second kappa shape index (κ2) is 6.13. The van der Waals surface area contributed by atoms with Crippen molar-refractivity contribution in [2.24, 2.45) is 0 Å². The zero-order valence-corrected chi connectivity index (χ0v) is 11.3. The highest BCUT2D eigenvalue weighted by Crippen LogP contribution is 2.17. The van der Waals surface area contributed by atoms with Crippen LogP contribution in [0.2, 0.25) is 0 Å². The minimum absolute atomic E-state index is 0.0170. The van der Waals surface area contributed by atoms with Crippen LogP contribution in [0.4, 0.5) is 10.1 Å². The normalized spacial score (nSPS) is 10.2. The Morgan fingerprint density at radius 1 is 1.33 bits per heavy atom. The molecule has 1 heterocycles. The molecule has 2 aromatic rings. The highest BCUT2D eigenvalue weighted by atomic mass is 19.1. The van der Waals surface area contributed by atoms with E-state index in [0.29, 0.717) is 5.69 Å². The Bertz CT molecular complexity index is 701. The average Bonchev–Trinajstić information content (AvgIpc) is 2.43. The number of nitrogens with zero attached hydrogens (tertiary/aromatic N) is 1. The number of carboxylic acid groups (broad SMARTS) is 1. The number of nitrogens with one attached hydrogen (secondary N) is 1. The maximum absolute atomic E-state index is 13.1. The molecule has 1 amide bonds. The molecule has 5 nitrogen and oxygen atoms in total. The summed E-state index contributed by atoms with van der Waals surface area (Å²) < 4.78 is 13.1. The van der Waals surface area contributed by atoms with Gasteiger partial charge in [-0.2, -0.15) is 0 Å². The van der Waals surface area contributed by atoms with Gasteiger partial charge in [-0.1, -0.05) is 6.07 Å². The van der Waals surface area contributed by atoms with Crippen LogP contribution in [-0.2, 0) is 11.2 Å². The van der Waals surface area contributed by atoms with E-state index in [2.05, 4.69) is 10.3 Å². The average molecular weight is 288 g/mol. The van der Waals surface area contributed by atoms with Gasteiger partial charge in [0, 0.05) is 6.20 Å². The monoisotopic (exact) mass is 288 g/mol. The Labute approximate surface area is 120 Å². The van der Waals surface area contributed by atoms with Crippen molar-refractivity contribution in [2.45, 2.75) is 13.3 Å². The van der Waals surface area contributed by atoms with Gasteiger partial charge >= 0.3 is 5.97 Å². The second-order valence-electron chi connectivity index (χ2n) is 4.49. The van der Waals surface area contributed by atoms with Crippen molar-refractivity contribution in [1.29, 1.82) is 0 Å². The molecule has 21 heavy (non-hydrogen) atoms. The Balaban J connectivity index is 2.17. The van der Waals surface area contributed by atoms with Gasteiger partial charge in [0.05, 0.1) is 23.4 Å². The number of anilines is 1. The van der Waals surface area contributed by atoms with Crippen LogP contribution in [-0.4, -0.2) is 22.0 Å². The molecule has 0 fully saturated rings. The third kappa shape index (κ3) is 3.62. The Kier molecular flexibility index (Phi) is 4.27. The second-order valence-corrected chi connectivity index (χ2v) is 4.49. The number of hydrogen-bond donors (Lipinski definition) is 2. The van der Waals surface area contributed by atoms with E-state index in [0.717, 1.165) is 17.7 Å². The molecule has 0 saturated carbocycles. The SMILES string of the molecule is Cc1cccnc1CC(=O)Nc1ccc(F)cc1C(=O)O. The van der Waals surface area contributed by atoms with Crippen molar-refractivity contribution < 1.29 is 19.1 Å². The van der Waals surface area contributed by atoms with E-state index >= 15 is 0 Å². The van der Waals surface area contributed by atoms with Crippen LogP contribution in [0.3, 0.4) is 0 Å². The molecule has 0 spiro atoms. The highest BCUT2D eigenvalue weighted by molar-refractivity contribution is 6.00. The number of aryl methyl sites for hydroxylation is 1. The zero-order chi connectivity index (χ0) is 15.4. The maximum atomic E-state index is 13.1. The molecular weight excluding hydrogens is 275 g/mol. The molecule has 0 atom stereocenters. The smallest absolute Gasteiger partial charge is 0.337 e. The minimum Gasteiger partial charge on any atom is -0.478 e. The molecular formula is C15H13FN2O3. The van der Waals surface area contributed by atoms with Gasteiger partial charge in [0.25, 0.3) is 0 Å². The van der Waals surface area contributed by atoms with Gasteiger partial charge in [-0.25, -0.2) is 9.18 Å². The molecule has 1 aromatic heterocycles. The van der Waals surface area contributed by atoms with Crippen molar-refractivity contribution in [2.75, 3.05) is 5.32 Å². The predicted molar refractivity (Wildman–Crippen MR) is 74.7 cm³/mol. The first-order valence-corrected chi connectivity index (χ1v) is 6.20. The standard InChI is InChI=1S/C15H13FN2O3/c1-9-3-2-6-17-13(9)8-14(19)18-12-5-4-10(16)7-11(12)15(20)21/h2-7H,8H2,1H3,(H,18,19)(H,20,21). The summed E-state index contributed by atoms with van der Waals surface area (Å²) in [6.45, 7) is 1.83. The van der Waals surface area contributed by atoms with Crippen LogP contribution in [0.5, 0.6) is 0 Å². The van der Waals surface area contributed by atoms with Crippen LogP contribution < -0.4 is 5.32 Å². The topological polar surface area (TPSA) is 79.3 Å². The van der Waals surface area contributed by atoms with Crippen LogP contribution in [0.15, 0.2) is 36.5 Å². The lowest BCUT2D eigenvalue weighted by molar-refractivity contribution is -0.115. The van der Waals surface area contributed by atoms with E-state index in [1.165, 1.54) is 6.07 Å². The summed E-state index contributed by atoms with van der Waals surface area (Å²) in [6.07, 6.45) is 1.60. The van der Waals surface area contributed by atoms with Crippen molar-refractivity contribution >= 4 is 17.6 Å². The first-order chi connectivity index (χ1) is 9.97. The molecule has 0 radical (unpaired) electrons. The molecule has 0 aliphatic heterocycles. The number of amides is 1. The number of hydrogen-bond acceptors (Lipinski definition) is 3. The summed E-state index contributed by atoms with van der Waals surface area (Å²) in [7, 11) is 0. The first-order valence-electron chi connectivity index (χ1n) is 6.20. The van der Waals surface area contributed by atoms with E-state index in [1.54, 1.807) is 12.3 Å². The predicted octanol–water partition coefficient (Wildman–Crippen LogP) is 2.41. The highest BCUT2D eigenvalue weighted by Gasteiger charge is 2.14. The van der Waals surface area contributed by atoms with Gasteiger partial charge in [-0.05, 0) is 36.8 Å². The van der Waals surface area contributed by atoms with Crippen molar-refractivity contribution in [3.8, 4) is 0 Å². The summed E-state index contributed by atoms with van der Waals surface area (Å²) in [5.41, 5.74) is 1.24. The summed E-state index contributed by atoms with van der Waals surface area (Å²) in [5.74, 6) is -2.39. The summed E-state index contributed by atoms with van der Waals surface area (Å²) in [5, 5.41) is 11.5. The van der Waals surface area contributed by atoms with E-state index in [9.17, 15) is 14.0 Å². The Morgan fingerprint density at radius 3 is 2.76 bits per heavy atom. The van der Waals surface area contributed by atoms with Gasteiger partial charge in [0.2, 0.25) is 5.91 Å². The lowest BCUT2D eigenvalue weighted by atomic mass is 10.1. The number of halogens is 1. The van der Waals surface area contributed by atoms with Crippen LogP contribution in [0, 0.1) is 12.7 Å². The third-order valence-electron chi connectivity index (χ3n) is 2.93. The van der Waals surface area contributed by atoms with Gasteiger partial charge in [-0.15, -0.1) is 0 Å². The number of rotatable bonds is 4. The van der Waals surface area contributed by atoms with Crippen LogP contribution in [0.1, 0.15) is 21.6 Å². The molecule has 2 rings (SSSR count). The minimum atomic E-state index is -1.31. The molecule has 2 N–H and O–H groups in total. The molecule has 0 aliphatic carbocycles. The summed E-state index contributed by atoms with van der Waals surface area (Å²) in [4.78, 5) is 27.1. The lowest BCUT2D eigenvalue weighted by Gasteiger charge is -2.09. The van der Waals surface area contributed by atoms with Crippen molar-refractivity contribution in [1.82, 2.24) is 4.98 Å².